The summed E-state index contributed by atoms with van der Waals surface area (Å²) in [5.74, 6) is 0.267. The van der Waals surface area contributed by atoms with Gasteiger partial charge in [-0.1, -0.05) is 54.6 Å². The largest absolute Gasteiger partial charge is 0.438 e. The summed E-state index contributed by atoms with van der Waals surface area (Å²) in [5.41, 5.74) is 1.66. The van der Waals surface area contributed by atoms with Gasteiger partial charge in [0, 0.05) is 12.6 Å². The van der Waals surface area contributed by atoms with Gasteiger partial charge < -0.3 is 9.32 Å². The van der Waals surface area contributed by atoms with E-state index in [1.165, 1.54) is 12.1 Å². The van der Waals surface area contributed by atoms with Crippen LogP contribution in [0.5, 0.6) is 0 Å². The Morgan fingerprint density at radius 2 is 1.79 bits per heavy atom. The number of carbonyl (C=O) groups is 1. The van der Waals surface area contributed by atoms with Crippen molar-refractivity contribution in [1.29, 1.82) is 0 Å². The number of likely N-dealkylation sites (tertiary alicyclic amines) is 1. The maximum atomic E-state index is 13.5. The van der Waals surface area contributed by atoms with Crippen molar-refractivity contribution in [3.8, 4) is 11.1 Å². The van der Waals surface area contributed by atoms with Crippen LogP contribution in [0.25, 0.3) is 28.3 Å². The molecular formula is C27H21F3N2O2. The lowest BCUT2D eigenvalue weighted by Crippen LogP contribution is -2.29. The lowest BCUT2D eigenvalue weighted by atomic mass is 9.99. The summed E-state index contributed by atoms with van der Waals surface area (Å²) in [6, 6.07) is 19.5. The molecule has 0 saturated carbocycles. The summed E-state index contributed by atoms with van der Waals surface area (Å²) in [6.07, 6.45) is 0.384. The van der Waals surface area contributed by atoms with Crippen molar-refractivity contribution in [1.82, 2.24) is 9.88 Å². The number of fused-ring (bicyclic) bond motifs is 1. The molecule has 4 aromatic rings. The molecule has 34 heavy (non-hydrogen) atoms. The van der Waals surface area contributed by atoms with Crippen LogP contribution in [-0.2, 0) is 11.0 Å². The minimum atomic E-state index is -4.46. The summed E-state index contributed by atoms with van der Waals surface area (Å²) >= 11 is 0. The highest BCUT2D eigenvalue weighted by Crippen LogP contribution is 2.39. The van der Waals surface area contributed by atoms with Crippen LogP contribution in [0.2, 0.25) is 0 Å². The first-order chi connectivity index (χ1) is 16.4. The van der Waals surface area contributed by atoms with Crippen LogP contribution in [0, 0.1) is 0 Å². The van der Waals surface area contributed by atoms with Gasteiger partial charge in [0.2, 0.25) is 11.8 Å². The Kier molecular flexibility index (Phi) is 5.69. The van der Waals surface area contributed by atoms with Gasteiger partial charge in [-0.3, -0.25) is 4.79 Å². The number of halogens is 3. The standard InChI is InChI=1S/C27H21F3N2O2/c28-27(29,30)21-10-5-4-9-20(21)19-13-14-24-22(17-19)31-26(34-24)23-11-6-16-32(23)25(33)15-12-18-7-2-1-3-8-18/h1-5,7-10,12-15,17,23H,6,11,16H2/b15-12+/t23-/m0/s1. The molecule has 7 heteroatoms. The summed E-state index contributed by atoms with van der Waals surface area (Å²) in [6.45, 7) is 0.589. The number of benzene rings is 3. The molecule has 0 unspecified atom stereocenters. The van der Waals surface area contributed by atoms with Crippen LogP contribution in [0.15, 0.2) is 83.3 Å². The number of nitrogens with zero attached hydrogens (tertiary/aromatic N) is 2. The molecule has 1 aliphatic rings. The van der Waals surface area contributed by atoms with E-state index in [1.54, 1.807) is 41.3 Å². The molecule has 1 fully saturated rings. The predicted octanol–water partition coefficient (Wildman–Crippen LogP) is 6.89. The second-order valence-corrected chi connectivity index (χ2v) is 8.21. The summed E-state index contributed by atoms with van der Waals surface area (Å²) in [5, 5.41) is 0. The fourth-order valence-electron chi connectivity index (χ4n) is 4.35. The lowest BCUT2D eigenvalue weighted by molar-refractivity contribution is -0.137. The van der Waals surface area contributed by atoms with Crippen molar-refractivity contribution >= 4 is 23.1 Å². The van der Waals surface area contributed by atoms with Gasteiger partial charge in [-0.2, -0.15) is 13.2 Å². The van der Waals surface area contributed by atoms with Crippen molar-refractivity contribution in [3.63, 3.8) is 0 Å². The molecule has 0 spiro atoms. The molecule has 0 N–H and O–H groups in total. The number of amides is 1. The lowest BCUT2D eigenvalue weighted by Gasteiger charge is -2.20. The number of carbonyl (C=O) groups excluding carboxylic acids is 1. The monoisotopic (exact) mass is 462 g/mol. The minimum Gasteiger partial charge on any atom is -0.438 e. The van der Waals surface area contributed by atoms with E-state index in [2.05, 4.69) is 4.98 Å². The smallest absolute Gasteiger partial charge is 0.417 e. The minimum absolute atomic E-state index is 0.0881. The van der Waals surface area contributed by atoms with Crippen LogP contribution >= 0.6 is 0 Å². The van der Waals surface area contributed by atoms with E-state index < -0.39 is 11.7 Å². The van der Waals surface area contributed by atoms with E-state index in [1.807, 2.05) is 30.3 Å². The quantitative estimate of drug-likeness (QED) is 0.310. The molecule has 172 valence electrons. The van der Waals surface area contributed by atoms with E-state index in [0.717, 1.165) is 18.1 Å². The van der Waals surface area contributed by atoms with Crippen molar-refractivity contribution in [3.05, 3.63) is 95.9 Å². The molecule has 1 atom stereocenters. The Balaban J connectivity index is 1.43. The average Bonchev–Trinajstić information content (AvgIpc) is 3.49. The highest BCUT2D eigenvalue weighted by Gasteiger charge is 2.34. The Morgan fingerprint density at radius 1 is 1.03 bits per heavy atom. The number of hydrogen-bond acceptors (Lipinski definition) is 3. The van der Waals surface area contributed by atoms with Crippen LogP contribution < -0.4 is 0 Å². The van der Waals surface area contributed by atoms with Gasteiger partial charge in [0.25, 0.3) is 0 Å². The maximum Gasteiger partial charge on any atom is 0.417 e. The molecule has 1 aliphatic heterocycles. The Morgan fingerprint density at radius 3 is 2.59 bits per heavy atom. The van der Waals surface area contributed by atoms with E-state index in [-0.39, 0.29) is 17.5 Å². The van der Waals surface area contributed by atoms with Gasteiger partial charge in [0.15, 0.2) is 5.58 Å². The van der Waals surface area contributed by atoms with Gasteiger partial charge in [0.1, 0.15) is 11.6 Å². The van der Waals surface area contributed by atoms with Crippen LogP contribution in [0.4, 0.5) is 13.2 Å². The zero-order valence-electron chi connectivity index (χ0n) is 18.1. The fourth-order valence-corrected chi connectivity index (χ4v) is 4.35. The van der Waals surface area contributed by atoms with E-state index >= 15 is 0 Å². The molecule has 0 radical (unpaired) electrons. The van der Waals surface area contributed by atoms with Crippen molar-refractivity contribution in [2.45, 2.75) is 25.1 Å². The van der Waals surface area contributed by atoms with Gasteiger partial charge in [-0.15, -0.1) is 0 Å². The number of rotatable bonds is 4. The van der Waals surface area contributed by atoms with Gasteiger partial charge in [-0.05, 0) is 53.8 Å². The van der Waals surface area contributed by atoms with Gasteiger partial charge in [0.05, 0.1) is 5.56 Å². The molecule has 1 saturated heterocycles. The first kappa shape index (κ1) is 21.9. The molecule has 1 aromatic heterocycles. The average molecular weight is 462 g/mol. The topological polar surface area (TPSA) is 46.3 Å². The second-order valence-electron chi connectivity index (χ2n) is 8.21. The molecule has 0 bridgehead atoms. The van der Waals surface area contributed by atoms with E-state index in [0.29, 0.717) is 35.5 Å². The van der Waals surface area contributed by atoms with Gasteiger partial charge >= 0.3 is 6.18 Å². The van der Waals surface area contributed by atoms with Gasteiger partial charge in [-0.25, -0.2) is 4.98 Å². The number of alkyl halides is 3. The molecule has 4 nitrogen and oxygen atoms in total. The van der Waals surface area contributed by atoms with Crippen LogP contribution in [0.3, 0.4) is 0 Å². The Hall–Kier alpha value is -3.87. The van der Waals surface area contributed by atoms with Crippen molar-refractivity contribution < 1.29 is 22.4 Å². The second kappa shape index (κ2) is 8.82. The van der Waals surface area contributed by atoms with Crippen molar-refractivity contribution in [2.75, 3.05) is 6.54 Å². The summed E-state index contributed by atoms with van der Waals surface area (Å²) in [4.78, 5) is 19.1. The van der Waals surface area contributed by atoms with Crippen LogP contribution in [0.1, 0.15) is 35.9 Å². The third kappa shape index (κ3) is 4.33. The van der Waals surface area contributed by atoms with E-state index in [9.17, 15) is 18.0 Å². The Bertz CT molecular complexity index is 1360. The zero-order valence-corrected chi connectivity index (χ0v) is 18.1. The Labute approximate surface area is 194 Å². The summed E-state index contributed by atoms with van der Waals surface area (Å²) in [7, 11) is 0. The molecule has 1 amide bonds. The first-order valence-corrected chi connectivity index (χ1v) is 11.0. The third-order valence-corrected chi connectivity index (χ3v) is 5.99. The summed E-state index contributed by atoms with van der Waals surface area (Å²) < 4.78 is 46.3. The number of aromatic nitrogens is 1. The normalized spacial score (nSPS) is 16.6. The molecule has 3 aromatic carbocycles. The predicted molar refractivity (Wildman–Crippen MR) is 124 cm³/mol. The van der Waals surface area contributed by atoms with E-state index in [4.69, 9.17) is 4.42 Å². The number of oxazole rings is 1. The maximum absolute atomic E-state index is 13.5. The van der Waals surface area contributed by atoms with Crippen molar-refractivity contribution in [2.24, 2.45) is 0 Å². The first-order valence-electron chi connectivity index (χ1n) is 11.0. The molecule has 2 heterocycles. The third-order valence-electron chi connectivity index (χ3n) is 5.99. The number of hydrogen-bond donors (Lipinski definition) is 0. The highest BCUT2D eigenvalue weighted by molar-refractivity contribution is 5.92. The fraction of sp³-hybridized carbons (Fsp3) is 0.185. The molecular weight excluding hydrogens is 441 g/mol. The zero-order chi connectivity index (χ0) is 23.7. The van der Waals surface area contributed by atoms with Crippen LogP contribution in [-0.4, -0.2) is 22.3 Å². The molecule has 0 aliphatic carbocycles. The SMILES string of the molecule is O=C(/C=C/c1ccccc1)N1CCC[C@H]1c1nc2cc(-c3ccccc3C(F)(F)F)ccc2o1. The highest BCUT2D eigenvalue weighted by atomic mass is 19.4. The molecule has 5 rings (SSSR count).